The van der Waals surface area contributed by atoms with Gasteiger partial charge in [-0.25, -0.2) is 0 Å². The Bertz CT molecular complexity index is 858. The largest absolute Gasteiger partial charge is 0.388 e. The summed E-state index contributed by atoms with van der Waals surface area (Å²) in [7, 11) is 1.92. The fourth-order valence-corrected chi connectivity index (χ4v) is 3.63. The van der Waals surface area contributed by atoms with Crippen LogP contribution in [0.15, 0.2) is 40.9 Å². The molecule has 3 aromatic rings. The Kier molecular flexibility index (Phi) is 4.81. The van der Waals surface area contributed by atoms with Crippen LogP contribution in [-0.2, 0) is 20.2 Å². The minimum absolute atomic E-state index is 0.0831. The SMILES string of the molecule is Cn1c(CO)nnc1[C@@H]1CCCN(Cc2cc(-c3ccccc3)no2)C1. The maximum absolute atomic E-state index is 9.32. The molecule has 2 aromatic heterocycles. The Morgan fingerprint density at radius 1 is 1.23 bits per heavy atom. The molecule has 1 aliphatic heterocycles. The Hall–Kier alpha value is -2.51. The molecule has 0 aliphatic carbocycles. The van der Waals surface area contributed by atoms with Crippen LogP contribution in [0, 0.1) is 0 Å². The molecule has 1 atom stereocenters. The third-order valence-electron chi connectivity index (χ3n) is 5.02. The van der Waals surface area contributed by atoms with Gasteiger partial charge in [-0.2, -0.15) is 0 Å². The van der Waals surface area contributed by atoms with E-state index in [1.807, 2.05) is 48.0 Å². The number of benzene rings is 1. The topological polar surface area (TPSA) is 80.2 Å². The summed E-state index contributed by atoms with van der Waals surface area (Å²) in [4.78, 5) is 2.37. The summed E-state index contributed by atoms with van der Waals surface area (Å²) in [6, 6.07) is 12.1. The lowest BCUT2D eigenvalue weighted by Gasteiger charge is -2.31. The third kappa shape index (κ3) is 3.40. The van der Waals surface area contributed by atoms with Gasteiger partial charge in [0.2, 0.25) is 0 Å². The number of aliphatic hydroxyl groups is 1. The van der Waals surface area contributed by atoms with Crippen molar-refractivity contribution in [3.63, 3.8) is 0 Å². The molecule has 136 valence electrons. The maximum Gasteiger partial charge on any atom is 0.158 e. The minimum Gasteiger partial charge on any atom is -0.388 e. The van der Waals surface area contributed by atoms with Gasteiger partial charge in [-0.3, -0.25) is 4.90 Å². The highest BCUT2D eigenvalue weighted by molar-refractivity contribution is 5.58. The number of hydrogen-bond acceptors (Lipinski definition) is 6. The van der Waals surface area contributed by atoms with Gasteiger partial charge < -0.3 is 14.2 Å². The molecule has 4 rings (SSSR count). The molecule has 0 bridgehead atoms. The second-order valence-electron chi connectivity index (χ2n) is 6.81. The molecule has 1 aliphatic rings. The predicted octanol–water partition coefficient (Wildman–Crippen LogP) is 2.34. The van der Waals surface area contributed by atoms with E-state index in [9.17, 15) is 5.11 Å². The van der Waals surface area contributed by atoms with Crippen LogP contribution in [0.25, 0.3) is 11.3 Å². The molecule has 1 saturated heterocycles. The van der Waals surface area contributed by atoms with Crippen LogP contribution in [0.4, 0.5) is 0 Å². The molecular weight excluding hydrogens is 330 g/mol. The van der Waals surface area contributed by atoms with Gasteiger partial charge in [-0.1, -0.05) is 35.5 Å². The maximum atomic E-state index is 9.32. The minimum atomic E-state index is -0.0831. The number of likely N-dealkylation sites (tertiary alicyclic amines) is 1. The Balaban J connectivity index is 1.44. The van der Waals surface area contributed by atoms with E-state index in [0.717, 1.165) is 55.3 Å². The number of nitrogens with zero attached hydrogens (tertiary/aromatic N) is 5. The first kappa shape index (κ1) is 16.9. The zero-order chi connectivity index (χ0) is 17.9. The van der Waals surface area contributed by atoms with Gasteiger partial charge in [0.25, 0.3) is 0 Å². The number of aromatic nitrogens is 4. The highest BCUT2D eigenvalue weighted by Crippen LogP contribution is 2.27. The summed E-state index contributed by atoms with van der Waals surface area (Å²) in [5, 5.41) is 21.9. The first-order valence-electron chi connectivity index (χ1n) is 8.97. The average Bonchev–Trinajstić information content (AvgIpc) is 3.29. The molecular formula is C19H23N5O2. The molecule has 0 radical (unpaired) electrons. The standard InChI is InChI=1S/C19H23N5O2/c1-23-18(13-25)20-21-19(23)15-8-5-9-24(11-15)12-16-10-17(22-26-16)14-6-3-2-4-7-14/h2-4,6-7,10,15,25H,5,8-9,11-13H2,1H3/t15-/m1/s1. The third-order valence-corrected chi connectivity index (χ3v) is 5.02. The van der Waals surface area contributed by atoms with Gasteiger partial charge in [0.15, 0.2) is 11.6 Å². The van der Waals surface area contributed by atoms with Crippen molar-refractivity contribution in [2.45, 2.75) is 31.9 Å². The van der Waals surface area contributed by atoms with Gasteiger partial charge >= 0.3 is 0 Å². The van der Waals surface area contributed by atoms with Crippen LogP contribution in [0.5, 0.6) is 0 Å². The summed E-state index contributed by atoms with van der Waals surface area (Å²) in [5.74, 6) is 2.75. The van der Waals surface area contributed by atoms with Crippen molar-refractivity contribution in [3.8, 4) is 11.3 Å². The van der Waals surface area contributed by atoms with E-state index >= 15 is 0 Å². The van der Waals surface area contributed by atoms with Gasteiger partial charge in [-0.15, -0.1) is 10.2 Å². The highest BCUT2D eigenvalue weighted by atomic mass is 16.5. The van der Waals surface area contributed by atoms with Crippen molar-refractivity contribution in [3.05, 3.63) is 53.8 Å². The zero-order valence-electron chi connectivity index (χ0n) is 14.9. The predicted molar refractivity (Wildman–Crippen MR) is 96.1 cm³/mol. The number of piperidine rings is 1. The van der Waals surface area contributed by atoms with Crippen molar-refractivity contribution in [2.24, 2.45) is 7.05 Å². The van der Waals surface area contributed by atoms with Crippen molar-refractivity contribution < 1.29 is 9.63 Å². The fourth-order valence-electron chi connectivity index (χ4n) is 3.63. The normalized spacial score (nSPS) is 18.3. The summed E-state index contributed by atoms with van der Waals surface area (Å²) in [6.07, 6.45) is 2.19. The van der Waals surface area contributed by atoms with Crippen molar-refractivity contribution in [1.29, 1.82) is 0 Å². The molecule has 1 aromatic carbocycles. The molecule has 0 amide bonds. The van der Waals surface area contributed by atoms with Crippen molar-refractivity contribution in [1.82, 2.24) is 24.8 Å². The molecule has 3 heterocycles. The van der Waals surface area contributed by atoms with E-state index < -0.39 is 0 Å². The van der Waals surface area contributed by atoms with E-state index in [1.165, 1.54) is 0 Å². The lowest BCUT2D eigenvalue weighted by Crippen LogP contribution is -2.34. The van der Waals surface area contributed by atoms with Crippen molar-refractivity contribution >= 4 is 0 Å². The highest BCUT2D eigenvalue weighted by Gasteiger charge is 2.26. The van der Waals surface area contributed by atoms with E-state index in [1.54, 1.807) is 0 Å². The van der Waals surface area contributed by atoms with Crippen LogP contribution in [0.3, 0.4) is 0 Å². The lowest BCUT2D eigenvalue weighted by molar-refractivity contribution is 0.176. The number of rotatable bonds is 5. The summed E-state index contributed by atoms with van der Waals surface area (Å²) < 4.78 is 7.46. The number of aliphatic hydroxyl groups excluding tert-OH is 1. The fraction of sp³-hybridized carbons (Fsp3) is 0.421. The molecule has 0 spiro atoms. The Labute approximate surface area is 152 Å². The van der Waals surface area contributed by atoms with E-state index in [-0.39, 0.29) is 6.61 Å². The van der Waals surface area contributed by atoms with Gasteiger partial charge in [0.05, 0.1) is 6.54 Å². The molecule has 0 saturated carbocycles. The van der Waals surface area contributed by atoms with E-state index in [4.69, 9.17) is 4.52 Å². The van der Waals surface area contributed by atoms with Crippen LogP contribution < -0.4 is 0 Å². The monoisotopic (exact) mass is 353 g/mol. The van der Waals surface area contributed by atoms with E-state index in [0.29, 0.717) is 11.7 Å². The summed E-state index contributed by atoms with van der Waals surface area (Å²) in [6.45, 7) is 2.59. The van der Waals surface area contributed by atoms with Crippen LogP contribution in [-0.4, -0.2) is 43.0 Å². The quantitative estimate of drug-likeness (QED) is 0.758. The molecule has 1 N–H and O–H groups in total. The Morgan fingerprint density at radius 2 is 2.08 bits per heavy atom. The first-order chi connectivity index (χ1) is 12.7. The second-order valence-corrected chi connectivity index (χ2v) is 6.81. The number of hydrogen-bond donors (Lipinski definition) is 1. The molecule has 7 heteroatoms. The average molecular weight is 353 g/mol. The zero-order valence-corrected chi connectivity index (χ0v) is 14.9. The Morgan fingerprint density at radius 3 is 2.85 bits per heavy atom. The van der Waals surface area contributed by atoms with Crippen molar-refractivity contribution in [2.75, 3.05) is 13.1 Å². The van der Waals surface area contributed by atoms with Gasteiger partial charge in [-0.05, 0) is 19.4 Å². The molecule has 26 heavy (non-hydrogen) atoms. The molecule has 0 unspecified atom stereocenters. The lowest BCUT2D eigenvalue weighted by atomic mass is 9.97. The second kappa shape index (κ2) is 7.39. The van der Waals surface area contributed by atoms with Crippen LogP contribution in [0.1, 0.15) is 36.2 Å². The molecule has 7 nitrogen and oxygen atoms in total. The molecule has 1 fully saturated rings. The van der Waals surface area contributed by atoms with Gasteiger partial charge in [0, 0.05) is 31.1 Å². The van der Waals surface area contributed by atoms with Gasteiger partial charge in [0.1, 0.15) is 18.1 Å². The van der Waals surface area contributed by atoms with Crippen LogP contribution >= 0.6 is 0 Å². The first-order valence-corrected chi connectivity index (χ1v) is 8.97. The summed E-state index contributed by atoms with van der Waals surface area (Å²) in [5.41, 5.74) is 1.93. The van der Waals surface area contributed by atoms with E-state index in [2.05, 4.69) is 20.3 Å². The smallest absolute Gasteiger partial charge is 0.158 e. The summed E-state index contributed by atoms with van der Waals surface area (Å²) >= 11 is 0. The van der Waals surface area contributed by atoms with Crippen LogP contribution in [0.2, 0.25) is 0 Å².